The first-order valence-electron chi connectivity index (χ1n) is 5.80. The van der Waals surface area contributed by atoms with E-state index in [1.54, 1.807) is 7.05 Å². The van der Waals surface area contributed by atoms with Crippen LogP contribution in [0.1, 0.15) is 10.4 Å². The van der Waals surface area contributed by atoms with Gasteiger partial charge in [0.25, 0.3) is 5.91 Å². The highest BCUT2D eigenvalue weighted by Crippen LogP contribution is 2.08. The number of aromatic nitrogens is 2. The number of carbonyl (C=O) groups excluding carboxylic acids is 1. The van der Waals surface area contributed by atoms with Crippen molar-refractivity contribution >= 4 is 11.7 Å². The highest BCUT2D eigenvalue weighted by atomic mass is 16.5. The third kappa shape index (κ3) is 4.34. The Morgan fingerprint density at radius 2 is 2.28 bits per heavy atom. The van der Waals surface area contributed by atoms with Crippen molar-refractivity contribution in [1.29, 1.82) is 0 Å². The summed E-state index contributed by atoms with van der Waals surface area (Å²) < 4.78 is 6.82. The molecule has 0 atom stereocenters. The number of ether oxygens (including phenoxy) is 1. The molecule has 1 aromatic heterocycles. The summed E-state index contributed by atoms with van der Waals surface area (Å²) in [5, 5.41) is 6.64. The van der Waals surface area contributed by atoms with E-state index in [0.29, 0.717) is 31.1 Å². The first kappa shape index (κ1) is 14.5. The summed E-state index contributed by atoms with van der Waals surface area (Å²) in [6.45, 7) is 2.46. The molecular formula is C11H21N5O2. The normalized spacial score (nSPS) is 10.9. The standard InChI is InChI=1S/C11H21N5O2/c1-15(2)5-7-18-6-4-13-11(17)9-8-14-16(3)10(9)12/h8H,4-7,12H2,1-3H3,(H,13,17). The van der Waals surface area contributed by atoms with Gasteiger partial charge in [-0.15, -0.1) is 0 Å². The number of aryl methyl sites for hydroxylation is 1. The van der Waals surface area contributed by atoms with Crippen molar-refractivity contribution < 1.29 is 9.53 Å². The van der Waals surface area contributed by atoms with Crippen molar-refractivity contribution in [1.82, 2.24) is 20.0 Å². The van der Waals surface area contributed by atoms with Gasteiger partial charge in [-0.2, -0.15) is 5.10 Å². The Morgan fingerprint density at radius 1 is 1.56 bits per heavy atom. The van der Waals surface area contributed by atoms with Gasteiger partial charge >= 0.3 is 0 Å². The average Bonchev–Trinajstić information content (AvgIpc) is 2.64. The minimum absolute atomic E-state index is 0.225. The maximum Gasteiger partial charge on any atom is 0.256 e. The van der Waals surface area contributed by atoms with Crippen LogP contribution in [0.25, 0.3) is 0 Å². The van der Waals surface area contributed by atoms with E-state index in [4.69, 9.17) is 10.5 Å². The molecule has 0 radical (unpaired) electrons. The quantitative estimate of drug-likeness (QED) is 0.630. The summed E-state index contributed by atoms with van der Waals surface area (Å²) in [4.78, 5) is 13.7. The predicted molar refractivity (Wildman–Crippen MR) is 69.3 cm³/mol. The average molecular weight is 255 g/mol. The molecule has 0 fully saturated rings. The topological polar surface area (TPSA) is 85.4 Å². The van der Waals surface area contributed by atoms with Gasteiger partial charge in [-0.1, -0.05) is 0 Å². The molecule has 1 rings (SSSR count). The lowest BCUT2D eigenvalue weighted by atomic mass is 10.3. The number of anilines is 1. The molecule has 7 heteroatoms. The van der Waals surface area contributed by atoms with E-state index in [1.165, 1.54) is 10.9 Å². The largest absolute Gasteiger partial charge is 0.383 e. The SMILES string of the molecule is CN(C)CCOCCNC(=O)c1cnn(C)c1N. The van der Waals surface area contributed by atoms with Gasteiger partial charge in [0.15, 0.2) is 0 Å². The third-order valence-corrected chi connectivity index (χ3v) is 2.44. The van der Waals surface area contributed by atoms with Crippen LogP contribution in [-0.4, -0.2) is 61.0 Å². The number of rotatable bonds is 7. The van der Waals surface area contributed by atoms with Crippen molar-refractivity contribution in [2.24, 2.45) is 7.05 Å². The number of hydrogen-bond donors (Lipinski definition) is 2. The van der Waals surface area contributed by atoms with Crippen LogP contribution in [0.4, 0.5) is 5.82 Å². The number of nitrogens with zero attached hydrogens (tertiary/aromatic N) is 3. The van der Waals surface area contributed by atoms with Gasteiger partial charge in [0.1, 0.15) is 11.4 Å². The smallest absolute Gasteiger partial charge is 0.256 e. The van der Waals surface area contributed by atoms with Crippen LogP contribution in [-0.2, 0) is 11.8 Å². The Labute approximate surface area is 107 Å². The minimum atomic E-state index is -0.225. The summed E-state index contributed by atoms with van der Waals surface area (Å²) in [6, 6.07) is 0. The van der Waals surface area contributed by atoms with Gasteiger partial charge in [0, 0.05) is 20.1 Å². The summed E-state index contributed by atoms with van der Waals surface area (Å²) in [5.74, 6) is 0.137. The van der Waals surface area contributed by atoms with E-state index in [0.717, 1.165) is 6.54 Å². The Hall–Kier alpha value is -1.60. The van der Waals surface area contributed by atoms with Crippen molar-refractivity contribution in [2.45, 2.75) is 0 Å². The van der Waals surface area contributed by atoms with E-state index in [2.05, 4.69) is 10.4 Å². The van der Waals surface area contributed by atoms with E-state index in [9.17, 15) is 4.79 Å². The molecule has 3 N–H and O–H groups in total. The number of carbonyl (C=O) groups is 1. The lowest BCUT2D eigenvalue weighted by molar-refractivity contribution is 0.0901. The number of likely N-dealkylation sites (N-methyl/N-ethyl adjacent to an activating group) is 1. The molecule has 0 aliphatic heterocycles. The summed E-state index contributed by atoms with van der Waals surface area (Å²) >= 11 is 0. The lowest BCUT2D eigenvalue weighted by Gasteiger charge is -2.10. The molecule has 7 nitrogen and oxygen atoms in total. The number of hydrogen-bond acceptors (Lipinski definition) is 5. The van der Waals surface area contributed by atoms with Crippen LogP contribution < -0.4 is 11.1 Å². The maximum atomic E-state index is 11.7. The van der Waals surface area contributed by atoms with Gasteiger partial charge in [0.05, 0.1) is 19.4 Å². The fourth-order valence-electron chi connectivity index (χ4n) is 1.30. The predicted octanol–water partition coefficient (Wildman–Crippen LogP) is -0.690. The summed E-state index contributed by atoms with van der Waals surface area (Å²) in [7, 11) is 5.66. The van der Waals surface area contributed by atoms with Gasteiger partial charge in [-0.05, 0) is 14.1 Å². The molecule has 1 amide bonds. The second-order valence-electron chi connectivity index (χ2n) is 4.24. The zero-order valence-corrected chi connectivity index (χ0v) is 11.1. The molecule has 0 spiro atoms. The molecule has 0 saturated heterocycles. The van der Waals surface area contributed by atoms with E-state index in [1.807, 2.05) is 19.0 Å². The molecule has 0 aliphatic rings. The number of nitrogen functional groups attached to an aromatic ring is 1. The second kappa shape index (κ2) is 6.97. The number of nitrogens with one attached hydrogen (secondary N) is 1. The van der Waals surface area contributed by atoms with E-state index >= 15 is 0 Å². The molecule has 1 heterocycles. The van der Waals surface area contributed by atoms with Crippen LogP contribution in [0.3, 0.4) is 0 Å². The first-order valence-corrected chi connectivity index (χ1v) is 5.80. The monoisotopic (exact) mass is 255 g/mol. The molecule has 102 valence electrons. The zero-order chi connectivity index (χ0) is 13.5. The molecule has 0 bridgehead atoms. The van der Waals surface area contributed by atoms with Crippen LogP contribution in [0.2, 0.25) is 0 Å². The Kier molecular flexibility index (Phi) is 5.60. The molecule has 18 heavy (non-hydrogen) atoms. The summed E-state index contributed by atoms with van der Waals surface area (Å²) in [6.07, 6.45) is 1.46. The van der Waals surface area contributed by atoms with Gasteiger partial charge in [-0.25, -0.2) is 0 Å². The molecule has 0 aliphatic carbocycles. The molecule has 1 aromatic rings. The minimum Gasteiger partial charge on any atom is -0.383 e. The Bertz CT molecular complexity index is 389. The highest BCUT2D eigenvalue weighted by molar-refractivity contribution is 5.98. The van der Waals surface area contributed by atoms with Gasteiger partial charge in [-0.3, -0.25) is 9.48 Å². The number of amides is 1. The Balaban J connectivity index is 2.20. The fraction of sp³-hybridized carbons (Fsp3) is 0.636. The van der Waals surface area contributed by atoms with E-state index in [-0.39, 0.29) is 5.91 Å². The van der Waals surface area contributed by atoms with Crippen molar-refractivity contribution in [3.05, 3.63) is 11.8 Å². The van der Waals surface area contributed by atoms with E-state index < -0.39 is 0 Å². The van der Waals surface area contributed by atoms with Crippen molar-refractivity contribution in [3.8, 4) is 0 Å². The van der Waals surface area contributed by atoms with Crippen molar-refractivity contribution in [2.75, 3.05) is 46.1 Å². The van der Waals surface area contributed by atoms with Crippen LogP contribution in [0, 0.1) is 0 Å². The Morgan fingerprint density at radius 3 is 2.83 bits per heavy atom. The molecule has 0 aromatic carbocycles. The highest BCUT2D eigenvalue weighted by Gasteiger charge is 2.12. The maximum absolute atomic E-state index is 11.7. The summed E-state index contributed by atoms with van der Waals surface area (Å²) in [5.41, 5.74) is 6.09. The van der Waals surface area contributed by atoms with Crippen LogP contribution >= 0.6 is 0 Å². The second-order valence-corrected chi connectivity index (χ2v) is 4.24. The molecular weight excluding hydrogens is 234 g/mol. The number of nitrogens with two attached hydrogens (primary N) is 1. The zero-order valence-electron chi connectivity index (χ0n) is 11.1. The molecule has 0 unspecified atom stereocenters. The fourth-order valence-corrected chi connectivity index (χ4v) is 1.30. The van der Waals surface area contributed by atoms with Gasteiger partial charge in [0.2, 0.25) is 0 Å². The first-order chi connectivity index (χ1) is 8.52. The van der Waals surface area contributed by atoms with Crippen LogP contribution in [0.15, 0.2) is 6.20 Å². The molecule has 0 saturated carbocycles. The van der Waals surface area contributed by atoms with Gasteiger partial charge < -0.3 is 20.7 Å². The van der Waals surface area contributed by atoms with Crippen LogP contribution in [0.5, 0.6) is 0 Å². The van der Waals surface area contributed by atoms with Crippen molar-refractivity contribution in [3.63, 3.8) is 0 Å². The third-order valence-electron chi connectivity index (χ3n) is 2.44. The lowest BCUT2D eigenvalue weighted by Crippen LogP contribution is -2.28.